The number of hydrogen-bond acceptors (Lipinski definition) is 1. The van der Waals surface area contributed by atoms with E-state index in [-0.39, 0.29) is 0 Å². The lowest BCUT2D eigenvalue weighted by molar-refractivity contribution is 0.536. The third-order valence-electron chi connectivity index (χ3n) is 3.07. The minimum Gasteiger partial charge on any atom is -0.314 e. The van der Waals surface area contributed by atoms with Crippen molar-refractivity contribution in [3.63, 3.8) is 0 Å². The third kappa shape index (κ3) is 3.62. The molecule has 0 aliphatic carbocycles. The zero-order valence-corrected chi connectivity index (χ0v) is 10.6. The molecule has 0 bridgehead atoms. The first-order chi connectivity index (χ1) is 7.34. The fraction of sp³-hybridized carbons (Fsp3) is 0.538. The maximum absolute atomic E-state index is 3.54. The normalized spacial score (nSPS) is 20.7. The topological polar surface area (TPSA) is 12.0 Å². The smallest absolute Gasteiger partial charge is 0.0177 e. The van der Waals surface area contributed by atoms with E-state index in [9.17, 15) is 0 Å². The molecule has 1 saturated heterocycles. The number of rotatable bonds is 4. The fourth-order valence-corrected chi connectivity index (χ4v) is 2.69. The molecular formula is C13H18BrN. The van der Waals surface area contributed by atoms with Gasteiger partial charge in [-0.25, -0.2) is 0 Å². The molecule has 1 aliphatic rings. The summed E-state index contributed by atoms with van der Waals surface area (Å²) in [4.78, 5) is 0. The van der Waals surface area contributed by atoms with Gasteiger partial charge in [0.1, 0.15) is 0 Å². The van der Waals surface area contributed by atoms with Crippen molar-refractivity contribution in [3.8, 4) is 0 Å². The van der Waals surface area contributed by atoms with Gasteiger partial charge in [-0.2, -0.15) is 0 Å². The number of aryl methyl sites for hydroxylation is 1. The van der Waals surface area contributed by atoms with Crippen LogP contribution in [0, 0.1) is 0 Å². The van der Waals surface area contributed by atoms with Gasteiger partial charge in [0, 0.05) is 10.5 Å². The van der Waals surface area contributed by atoms with Crippen LogP contribution in [0.25, 0.3) is 0 Å². The van der Waals surface area contributed by atoms with E-state index >= 15 is 0 Å². The maximum atomic E-state index is 3.54. The molecule has 1 N–H and O–H groups in total. The minimum atomic E-state index is 0.789. The van der Waals surface area contributed by atoms with Crippen LogP contribution < -0.4 is 5.32 Å². The van der Waals surface area contributed by atoms with Gasteiger partial charge in [-0.1, -0.05) is 28.1 Å². The summed E-state index contributed by atoms with van der Waals surface area (Å²) >= 11 is 3.51. The summed E-state index contributed by atoms with van der Waals surface area (Å²) in [6.45, 7) is 1.22. The molecule has 2 heteroatoms. The van der Waals surface area contributed by atoms with Crippen LogP contribution in [0.1, 0.15) is 31.2 Å². The standard InChI is InChI=1S/C13H18BrN/c14-12-6-1-4-11(10-12)5-2-7-13-8-3-9-15-13/h1,4,6,10,13,15H,2-3,5,7-9H2. The van der Waals surface area contributed by atoms with E-state index in [1.54, 1.807) is 0 Å². The molecule has 1 aliphatic heterocycles. The molecule has 0 spiro atoms. The molecule has 0 radical (unpaired) electrons. The van der Waals surface area contributed by atoms with Gasteiger partial charge in [0.25, 0.3) is 0 Å². The molecule has 15 heavy (non-hydrogen) atoms. The van der Waals surface area contributed by atoms with Crippen molar-refractivity contribution in [3.05, 3.63) is 34.3 Å². The van der Waals surface area contributed by atoms with Gasteiger partial charge >= 0.3 is 0 Å². The summed E-state index contributed by atoms with van der Waals surface area (Å²) in [5, 5.41) is 3.54. The molecule has 1 heterocycles. The van der Waals surface area contributed by atoms with Crippen molar-refractivity contribution in [1.29, 1.82) is 0 Å². The van der Waals surface area contributed by atoms with E-state index in [0.717, 1.165) is 6.04 Å². The Morgan fingerprint density at radius 1 is 1.40 bits per heavy atom. The van der Waals surface area contributed by atoms with Gasteiger partial charge in [-0.15, -0.1) is 0 Å². The molecule has 0 amide bonds. The van der Waals surface area contributed by atoms with Gasteiger partial charge in [0.15, 0.2) is 0 Å². The Balaban J connectivity index is 1.73. The minimum absolute atomic E-state index is 0.789. The van der Waals surface area contributed by atoms with Crippen molar-refractivity contribution in [2.75, 3.05) is 6.54 Å². The molecule has 1 atom stereocenters. The van der Waals surface area contributed by atoms with E-state index < -0.39 is 0 Å². The second-order valence-corrected chi connectivity index (χ2v) is 5.23. The van der Waals surface area contributed by atoms with Crippen LogP contribution in [-0.4, -0.2) is 12.6 Å². The summed E-state index contributed by atoms with van der Waals surface area (Å²) in [6, 6.07) is 9.43. The average molecular weight is 268 g/mol. The van der Waals surface area contributed by atoms with Crippen LogP contribution in [0.4, 0.5) is 0 Å². The molecule has 1 nitrogen and oxygen atoms in total. The molecule has 1 aromatic carbocycles. The highest BCUT2D eigenvalue weighted by Gasteiger charge is 2.12. The molecule has 0 saturated carbocycles. The van der Waals surface area contributed by atoms with E-state index in [1.807, 2.05) is 0 Å². The monoisotopic (exact) mass is 267 g/mol. The third-order valence-corrected chi connectivity index (χ3v) is 3.56. The molecule has 0 aromatic heterocycles. The van der Waals surface area contributed by atoms with Gasteiger partial charge in [-0.3, -0.25) is 0 Å². The van der Waals surface area contributed by atoms with Crippen molar-refractivity contribution in [2.45, 2.75) is 38.1 Å². The highest BCUT2D eigenvalue weighted by atomic mass is 79.9. The molecule has 2 rings (SSSR count). The Labute approximate surface area is 100 Å². The van der Waals surface area contributed by atoms with Crippen LogP contribution in [-0.2, 0) is 6.42 Å². The Morgan fingerprint density at radius 3 is 3.07 bits per heavy atom. The number of nitrogens with one attached hydrogen (secondary N) is 1. The summed E-state index contributed by atoms with van der Waals surface area (Å²) in [7, 11) is 0. The first-order valence-electron chi connectivity index (χ1n) is 5.82. The largest absolute Gasteiger partial charge is 0.314 e. The van der Waals surface area contributed by atoms with Crippen LogP contribution in [0.2, 0.25) is 0 Å². The highest BCUT2D eigenvalue weighted by Crippen LogP contribution is 2.16. The predicted molar refractivity (Wildman–Crippen MR) is 68.1 cm³/mol. The van der Waals surface area contributed by atoms with Crippen LogP contribution in [0.3, 0.4) is 0 Å². The van der Waals surface area contributed by atoms with Gasteiger partial charge in [0.2, 0.25) is 0 Å². The van der Waals surface area contributed by atoms with E-state index in [1.165, 1.54) is 48.7 Å². The van der Waals surface area contributed by atoms with Crippen molar-refractivity contribution in [2.24, 2.45) is 0 Å². The van der Waals surface area contributed by atoms with Gasteiger partial charge in [-0.05, 0) is 56.3 Å². The van der Waals surface area contributed by atoms with Crippen LogP contribution in [0.15, 0.2) is 28.7 Å². The van der Waals surface area contributed by atoms with E-state index in [4.69, 9.17) is 0 Å². The summed E-state index contributed by atoms with van der Waals surface area (Å²) in [5.74, 6) is 0. The van der Waals surface area contributed by atoms with Gasteiger partial charge in [0.05, 0.1) is 0 Å². The van der Waals surface area contributed by atoms with E-state index in [2.05, 4.69) is 45.5 Å². The van der Waals surface area contributed by atoms with Crippen LogP contribution in [0.5, 0.6) is 0 Å². The molecular weight excluding hydrogens is 250 g/mol. The van der Waals surface area contributed by atoms with Crippen molar-refractivity contribution >= 4 is 15.9 Å². The Kier molecular flexibility index (Phi) is 4.21. The maximum Gasteiger partial charge on any atom is 0.0177 e. The summed E-state index contributed by atoms with van der Waals surface area (Å²) in [6.07, 6.45) is 6.57. The molecule has 1 fully saturated rings. The predicted octanol–water partition coefficient (Wildman–Crippen LogP) is 3.52. The number of halogens is 1. The Morgan fingerprint density at radius 2 is 2.33 bits per heavy atom. The van der Waals surface area contributed by atoms with Crippen molar-refractivity contribution < 1.29 is 0 Å². The lowest BCUT2D eigenvalue weighted by Crippen LogP contribution is -2.20. The number of benzene rings is 1. The Bertz CT molecular complexity index is 305. The SMILES string of the molecule is Brc1cccc(CCCC2CCCN2)c1. The average Bonchev–Trinajstić information content (AvgIpc) is 2.71. The quantitative estimate of drug-likeness (QED) is 0.881. The number of hydrogen-bond donors (Lipinski definition) is 1. The zero-order valence-electron chi connectivity index (χ0n) is 9.01. The highest BCUT2D eigenvalue weighted by molar-refractivity contribution is 9.10. The second kappa shape index (κ2) is 5.66. The first kappa shape index (κ1) is 11.2. The molecule has 82 valence electrons. The summed E-state index contributed by atoms with van der Waals surface area (Å²) in [5.41, 5.74) is 1.45. The van der Waals surface area contributed by atoms with Crippen LogP contribution >= 0.6 is 15.9 Å². The lowest BCUT2D eigenvalue weighted by Gasteiger charge is -2.09. The fourth-order valence-electron chi connectivity index (χ4n) is 2.25. The summed E-state index contributed by atoms with van der Waals surface area (Å²) < 4.78 is 1.19. The zero-order chi connectivity index (χ0) is 10.5. The van der Waals surface area contributed by atoms with Crippen molar-refractivity contribution in [1.82, 2.24) is 5.32 Å². The lowest BCUT2D eigenvalue weighted by atomic mass is 10.0. The molecule has 1 aromatic rings. The second-order valence-electron chi connectivity index (χ2n) is 4.32. The Hall–Kier alpha value is -0.340. The van der Waals surface area contributed by atoms with E-state index in [0.29, 0.717) is 0 Å². The van der Waals surface area contributed by atoms with Gasteiger partial charge < -0.3 is 5.32 Å². The first-order valence-corrected chi connectivity index (χ1v) is 6.62. The molecule has 1 unspecified atom stereocenters.